The Morgan fingerprint density at radius 1 is 0.437 bits per heavy atom. The number of amides is 1. The summed E-state index contributed by atoms with van der Waals surface area (Å²) >= 11 is 3.94. The van der Waals surface area contributed by atoms with Crippen LogP contribution in [0.5, 0.6) is 0 Å². The zero-order valence-corrected chi connectivity index (χ0v) is 73.1. The van der Waals surface area contributed by atoms with Crippen LogP contribution in [0.1, 0.15) is 52.3 Å². The van der Waals surface area contributed by atoms with E-state index < -0.39 is 10.7 Å². The van der Waals surface area contributed by atoms with Gasteiger partial charge in [-0.05, 0) is 212 Å². The molecule has 5 aliphatic rings. The average molecular weight is 1840 g/mol. The lowest BCUT2D eigenvalue weighted by Crippen LogP contribution is -2.44. The molecule has 0 bridgehead atoms. The fraction of sp³-hybridized carbons (Fsp3) is 0.349. The number of nitrogens with two attached hydrogens (primary N) is 1. The summed E-state index contributed by atoms with van der Waals surface area (Å²) in [7, 11) is 10.7. The fourth-order valence-corrected chi connectivity index (χ4v) is 15.1. The van der Waals surface area contributed by atoms with Crippen molar-refractivity contribution in [1.29, 1.82) is 0 Å². The number of rotatable bonds is 15. The molecule has 33 heteroatoms. The van der Waals surface area contributed by atoms with Gasteiger partial charge in [0.25, 0.3) is 23.0 Å². The Bertz CT molecular complexity index is 5210. The van der Waals surface area contributed by atoms with E-state index in [1.807, 2.05) is 174 Å². The number of carbonyl (C=O) groups excluding carboxylic acids is 1. The van der Waals surface area contributed by atoms with Gasteiger partial charge in [-0.15, -0.1) is 0 Å². The van der Waals surface area contributed by atoms with Crippen molar-refractivity contribution in [1.82, 2.24) is 63.1 Å². The number of nitro benzene ring substituents is 3. The predicted octanol–water partition coefficient (Wildman–Crippen LogP) is 14.4. The molecule has 626 valence electrons. The largest absolute Gasteiger partial charge is 0.399 e. The standard InChI is InChI=1S/C33H34N8O.C15H19N5O2.C15H21N5.C11H14IN3O2.C6H3FINO2.C6H13N/c1-23-9-10-26(17-31(23)38-33-34-12-11-30(37-33)25-7-5-4-6-8-25)32(42)36-27-18-28(40-15-13-39(3)14-16-40)20-29(19-27)41-21-24(2)35-22-41;1-12-10-19(11-16-12)14-7-13(8-15(9-14)20(21)22)18-5-3-17(2)4-6-18;1-12-10-20(11-17-12)15-8-13(16)7-14(9-15)19-5-3-18(2)4-6-19;1-13-2-4-14(5-3-13)10-6-9(12)7-11(8-10)15(16)17;7-4-1-5(8)3-6(2-4)9(10)11;1-7-5-3-2-4-6-7/h4-12,17-22H,13-16H2,1-3H3,(H,36,42)(H,34,37,38);7-11H,3-6H2,1-2H3;7-11H,3-6,16H2,1-2H3;6-8H,2-5H2,1H3;1-3H;2-6H2,1H3. The zero-order valence-electron chi connectivity index (χ0n) is 68.8. The molecule has 0 aliphatic carbocycles. The van der Waals surface area contributed by atoms with Crippen molar-refractivity contribution < 1.29 is 24.0 Å². The smallest absolute Gasteiger partial charge is 0.273 e. The molecule has 0 unspecified atom stereocenters. The highest BCUT2D eigenvalue weighted by Gasteiger charge is 2.24. The Labute approximate surface area is 721 Å². The molecule has 0 saturated carbocycles. The number of likely N-dealkylation sites (N-methyl/N-ethyl adjacent to an activating group) is 4. The fourth-order valence-electron chi connectivity index (χ4n) is 13.9. The molecule has 4 N–H and O–H groups in total. The number of nitrogens with zero attached hydrogens (tertiary/aromatic N) is 20. The van der Waals surface area contributed by atoms with Crippen LogP contribution >= 0.6 is 45.2 Å². The molecule has 16 rings (SSSR count). The zero-order chi connectivity index (χ0) is 84.8. The first-order chi connectivity index (χ1) is 57.1. The first-order valence-electron chi connectivity index (χ1n) is 39.5. The SMILES string of the molecule is CN1CCCCC1.CN1CCN(c2cc(I)cc([N+](=O)[O-])c2)CC1.Cc1cn(-c2cc(N)cc(N3CCN(C)CC3)c2)cn1.Cc1cn(-c2cc(N3CCN(C)CC3)cc([N+](=O)[O-])c2)cn1.Cc1cn(-c2cc(NC(=O)c3ccc(C)c(Nc4nccc(-c5ccccc5)n4)c3)cc(N3CCN(C)CC3)c2)cn1.O=[N+]([O-])c1cc(F)cc(I)c1. The lowest BCUT2D eigenvalue weighted by molar-refractivity contribution is -0.385. The Kier molecular flexibility index (Phi) is 31.7. The number of hydrogen-bond donors (Lipinski definition) is 3. The van der Waals surface area contributed by atoms with Gasteiger partial charge in [-0.1, -0.05) is 42.8 Å². The van der Waals surface area contributed by atoms with Gasteiger partial charge < -0.3 is 74.2 Å². The number of piperidine rings is 1. The molecule has 1 amide bonds. The van der Waals surface area contributed by atoms with E-state index in [1.165, 1.54) is 50.2 Å². The van der Waals surface area contributed by atoms with Crippen molar-refractivity contribution in [3.8, 4) is 28.3 Å². The molecule has 5 saturated heterocycles. The molecule has 0 spiro atoms. The van der Waals surface area contributed by atoms with Gasteiger partial charge in [0.05, 0.1) is 79.7 Å². The molecule has 7 aromatic carbocycles. The van der Waals surface area contributed by atoms with E-state index >= 15 is 0 Å². The molecule has 5 aliphatic heterocycles. The van der Waals surface area contributed by atoms with Crippen molar-refractivity contribution in [3.63, 3.8) is 0 Å². The van der Waals surface area contributed by atoms with E-state index in [9.17, 15) is 39.5 Å². The number of imidazole rings is 3. The number of piperazine rings is 4. The number of nitrogen functional groups attached to an aromatic ring is 1. The molecular formula is C86H104FI2N23O7. The molecular weight excluding hydrogens is 1740 g/mol. The number of hydrogen-bond acceptors (Lipinski definition) is 23. The Morgan fingerprint density at radius 2 is 0.832 bits per heavy atom. The number of nitro groups is 3. The molecule has 119 heavy (non-hydrogen) atoms. The monoisotopic (exact) mass is 1840 g/mol. The number of anilines is 8. The molecule has 4 aromatic heterocycles. The second-order valence-corrected chi connectivity index (χ2v) is 32.8. The van der Waals surface area contributed by atoms with Gasteiger partial charge >= 0.3 is 0 Å². The summed E-state index contributed by atoms with van der Waals surface area (Å²) in [6.07, 6.45) is 17.2. The van der Waals surface area contributed by atoms with Crippen molar-refractivity contribution in [2.24, 2.45) is 0 Å². The number of benzene rings is 7. The minimum absolute atomic E-state index is 0.109. The van der Waals surface area contributed by atoms with E-state index in [0.717, 1.165) is 199 Å². The van der Waals surface area contributed by atoms with Gasteiger partial charge in [-0.25, -0.2) is 29.3 Å². The summed E-state index contributed by atoms with van der Waals surface area (Å²) in [5.74, 6) is -0.305. The number of aromatic nitrogens is 8. The third-order valence-electron chi connectivity index (χ3n) is 20.9. The minimum Gasteiger partial charge on any atom is -0.399 e. The van der Waals surface area contributed by atoms with Crippen LogP contribution < -0.4 is 36.0 Å². The van der Waals surface area contributed by atoms with Crippen LogP contribution in [0.25, 0.3) is 28.3 Å². The Hall–Kier alpha value is -11.1. The van der Waals surface area contributed by atoms with Gasteiger partial charge in [0.1, 0.15) is 5.82 Å². The number of halogens is 3. The van der Waals surface area contributed by atoms with E-state index in [4.69, 9.17) is 5.73 Å². The normalized spacial score (nSPS) is 15.4. The third-order valence-corrected chi connectivity index (χ3v) is 22.1. The van der Waals surface area contributed by atoms with Crippen LogP contribution in [0.3, 0.4) is 0 Å². The maximum atomic E-state index is 13.5. The lowest BCUT2D eigenvalue weighted by atomic mass is 10.1. The molecule has 11 aromatic rings. The number of non-ortho nitro benzene ring substituents is 3. The molecule has 0 radical (unpaired) electrons. The van der Waals surface area contributed by atoms with E-state index in [0.29, 0.717) is 15.1 Å². The second kappa shape index (κ2) is 42.5. The van der Waals surface area contributed by atoms with Crippen molar-refractivity contribution in [2.45, 2.75) is 47.0 Å². The molecule has 5 fully saturated rings. The van der Waals surface area contributed by atoms with Crippen LogP contribution in [-0.4, -0.2) is 237 Å². The van der Waals surface area contributed by atoms with E-state index in [1.54, 1.807) is 43.1 Å². The Balaban J connectivity index is 0.000000153. The second-order valence-electron chi connectivity index (χ2n) is 30.3. The van der Waals surface area contributed by atoms with E-state index in [2.05, 4.69) is 156 Å². The van der Waals surface area contributed by atoms with E-state index in [-0.39, 0.29) is 32.8 Å². The highest BCUT2D eigenvalue weighted by molar-refractivity contribution is 14.1. The van der Waals surface area contributed by atoms with Gasteiger partial charge in [-0.2, -0.15) is 0 Å². The van der Waals surface area contributed by atoms with Crippen LogP contribution in [0.4, 0.5) is 67.2 Å². The lowest BCUT2D eigenvalue weighted by Gasteiger charge is -2.34. The van der Waals surface area contributed by atoms with Crippen molar-refractivity contribution >= 4 is 114 Å². The number of aryl methyl sites for hydroxylation is 4. The summed E-state index contributed by atoms with van der Waals surface area (Å²) in [6.45, 7) is 26.1. The summed E-state index contributed by atoms with van der Waals surface area (Å²) in [5.41, 5.74) is 21.5. The Morgan fingerprint density at radius 3 is 1.28 bits per heavy atom. The topological polar surface area (TPSA) is 305 Å². The van der Waals surface area contributed by atoms with Crippen molar-refractivity contribution in [3.05, 3.63) is 261 Å². The number of carbonyl (C=O) groups is 1. The first-order valence-corrected chi connectivity index (χ1v) is 41.7. The quantitative estimate of drug-likeness (QED) is 0.0372. The molecule has 0 atom stereocenters. The maximum absolute atomic E-state index is 13.5. The number of likely N-dealkylation sites (tertiary alicyclic amines) is 1. The third kappa shape index (κ3) is 26.5. The van der Waals surface area contributed by atoms with Gasteiger partial charge in [0.2, 0.25) is 5.95 Å². The van der Waals surface area contributed by atoms with Crippen LogP contribution in [0.2, 0.25) is 0 Å². The number of nitrogens with one attached hydrogen (secondary N) is 2. The maximum Gasteiger partial charge on any atom is 0.273 e. The van der Waals surface area contributed by atoms with Crippen LogP contribution in [-0.2, 0) is 0 Å². The van der Waals surface area contributed by atoms with Crippen LogP contribution in [0.15, 0.2) is 189 Å². The van der Waals surface area contributed by atoms with Crippen molar-refractivity contribution in [2.75, 3.05) is 189 Å². The average Bonchev–Trinajstić information content (AvgIpc) is 1.82. The first kappa shape index (κ1) is 88.7. The minimum atomic E-state index is -0.620. The summed E-state index contributed by atoms with van der Waals surface area (Å²) in [6, 6.07) is 43.8. The summed E-state index contributed by atoms with van der Waals surface area (Å²) < 4.78 is 19.7. The highest BCUT2D eigenvalue weighted by atomic mass is 127. The molecule has 30 nitrogen and oxygen atoms in total. The molecule has 9 heterocycles. The van der Waals surface area contributed by atoms with Gasteiger partial charge in [-0.3, -0.25) is 35.1 Å². The highest BCUT2D eigenvalue weighted by Crippen LogP contribution is 2.33. The summed E-state index contributed by atoms with van der Waals surface area (Å²) in [5, 5.41) is 38.6. The van der Waals surface area contributed by atoms with Gasteiger partial charge in [0.15, 0.2) is 0 Å². The summed E-state index contributed by atoms with van der Waals surface area (Å²) in [4.78, 5) is 87.1. The predicted molar refractivity (Wildman–Crippen MR) is 488 cm³/mol. The van der Waals surface area contributed by atoms with Crippen LogP contribution in [0, 0.1) is 71.0 Å². The van der Waals surface area contributed by atoms with Gasteiger partial charge in [0, 0.05) is 218 Å².